The fraction of sp³-hybridized carbons (Fsp3) is 0.320. The standard InChI is InChI=1S/C25H27N3O2S/c29-25-9-7-19-6-8-20(18-22(19)26-25)30-16-2-1-11-27-12-14-28(15-13-27)23-4-3-5-24-21(23)10-17-31-24/h1-6,8,10,17-18H,7,9,11-16H2,(H,26,29). The second-order valence-corrected chi connectivity index (χ2v) is 8.99. The van der Waals surface area contributed by atoms with E-state index in [2.05, 4.69) is 56.9 Å². The molecule has 160 valence electrons. The van der Waals surface area contributed by atoms with Crippen molar-refractivity contribution < 1.29 is 9.53 Å². The molecule has 0 bridgehead atoms. The summed E-state index contributed by atoms with van der Waals surface area (Å²) in [4.78, 5) is 16.6. The van der Waals surface area contributed by atoms with Crippen molar-refractivity contribution in [2.75, 3.05) is 49.5 Å². The number of fused-ring (bicyclic) bond motifs is 2. The van der Waals surface area contributed by atoms with Crippen LogP contribution >= 0.6 is 11.3 Å². The number of thiophene rings is 1. The number of ether oxygens (including phenoxy) is 1. The average molecular weight is 434 g/mol. The fourth-order valence-corrected chi connectivity index (χ4v) is 5.11. The Morgan fingerprint density at radius 3 is 2.84 bits per heavy atom. The molecule has 0 aliphatic carbocycles. The van der Waals surface area contributed by atoms with Gasteiger partial charge in [-0.15, -0.1) is 11.3 Å². The van der Waals surface area contributed by atoms with E-state index in [1.54, 1.807) is 0 Å². The third kappa shape index (κ3) is 4.60. The molecule has 0 spiro atoms. The molecule has 5 rings (SSSR count). The highest BCUT2D eigenvalue weighted by atomic mass is 32.1. The smallest absolute Gasteiger partial charge is 0.224 e. The summed E-state index contributed by atoms with van der Waals surface area (Å²) in [6.07, 6.45) is 5.64. The second kappa shape index (κ2) is 9.12. The first-order valence-electron chi connectivity index (χ1n) is 10.9. The molecule has 1 fully saturated rings. The van der Waals surface area contributed by atoms with Crippen LogP contribution in [0, 0.1) is 0 Å². The minimum absolute atomic E-state index is 0.0802. The van der Waals surface area contributed by atoms with Crippen LogP contribution in [0.25, 0.3) is 10.1 Å². The summed E-state index contributed by atoms with van der Waals surface area (Å²) in [6.45, 7) is 5.72. The van der Waals surface area contributed by atoms with E-state index in [1.165, 1.54) is 21.3 Å². The molecule has 1 amide bonds. The van der Waals surface area contributed by atoms with E-state index in [4.69, 9.17) is 4.74 Å². The van der Waals surface area contributed by atoms with E-state index < -0.39 is 0 Å². The number of aryl methyl sites for hydroxylation is 1. The van der Waals surface area contributed by atoms with E-state index in [0.717, 1.165) is 50.6 Å². The van der Waals surface area contributed by atoms with Crippen LogP contribution in [0.15, 0.2) is 60.0 Å². The maximum Gasteiger partial charge on any atom is 0.224 e. The molecular formula is C25H27N3O2S. The fourth-order valence-electron chi connectivity index (χ4n) is 4.30. The molecule has 6 heteroatoms. The zero-order chi connectivity index (χ0) is 21.0. The third-order valence-corrected chi connectivity index (χ3v) is 6.92. The Morgan fingerprint density at radius 1 is 1.03 bits per heavy atom. The van der Waals surface area contributed by atoms with Gasteiger partial charge in [-0.05, 0) is 41.6 Å². The third-order valence-electron chi connectivity index (χ3n) is 6.04. The van der Waals surface area contributed by atoms with E-state index >= 15 is 0 Å². The van der Waals surface area contributed by atoms with Gasteiger partial charge in [0.15, 0.2) is 0 Å². The van der Waals surface area contributed by atoms with Gasteiger partial charge in [0, 0.05) is 66.7 Å². The molecule has 1 saturated heterocycles. The van der Waals surface area contributed by atoms with Gasteiger partial charge in [-0.2, -0.15) is 0 Å². The number of nitrogens with zero attached hydrogens (tertiary/aromatic N) is 2. The van der Waals surface area contributed by atoms with Gasteiger partial charge in [0.05, 0.1) is 0 Å². The van der Waals surface area contributed by atoms with Crippen molar-refractivity contribution in [2.45, 2.75) is 12.8 Å². The number of benzene rings is 2. The quantitative estimate of drug-likeness (QED) is 0.580. The maximum absolute atomic E-state index is 11.6. The summed E-state index contributed by atoms with van der Waals surface area (Å²) in [7, 11) is 0. The van der Waals surface area contributed by atoms with Crippen molar-refractivity contribution in [3.05, 3.63) is 65.6 Å². The van der Waals surface area contributed by atoms with Crippen molar-refractivity contribution in [2.24, 2.45) is 0 Å². The van der Waals surface area contributed by atoms with Gasteiger partial charge in [0.1, 0.15) is 12.4 Å². The van der Waals surface area contributed by atoms with Crippen LogP contribution in [-0.2, 0) is 11.2 Å². The molecule has 3 heterocycles. The number of hydrogen-bond donors (Lipinski definition) is 1. The van der Waals surface area contributed by atoms with Gasteiger partial charge >= 0.3 is 0 Å². The van der Waals surface area contributed by atoms with Crippen molar-refractivity contribution in [3.8, 4) is 5.75 Å². The van der Waals surface area contributed by atoms with Crippen molar-refractivity contribution >= 4 is 38.7 Å². The molecule has 31 heavy (non-hydrogen) atoms. The number of rotatable bonds is 6. The SMILES string of the molecule is O=C1CCc2ccc(OCC=CCN3CCN(c4cccc5sccc45)CC3)cc2N1. The zero-order valence-electron chi connectivity index (χ0n) is 17.5. The van der Waals surface area contributed by atoms with Crippen LogP contribution in [0.3, 0.4) is 0 Å². The molecule has 2 aliphatic rings. The van der Waals surface area contributed by atoms with Crippen LogP contribution in [0.1, 0.15) is 12.0 Å². The Kier molecular flexibility index (Phi) is 5.91. The van der Waals surface area contributed by atoms with Crippen molar-refractivity contribution in [1.82, 2.24) is 4.90 Å². The van der Waals surface area contributed by atoms with E-state index in [0.29, 0.717) is 13.0 Å². The lowest BCUT2D eigenvalue weighted by atomic mass is 10.0. The number of nitrogens with one attached hydrogen (secondary N) is 1. The number of anilines is 2. The molecule has 3 aromatic rings. The normalized spacial score (nSPS) is 17.2. The molecule has 0 atom stereocenters. The Balaban J connectivity index is 1.08. The minimum atomic E-state index is 0.0802. The number of piperazine rings is 1. The Bertz CT molecular complexity index is 1100. The first-order chi connectivity index (χ1) is 15.3. The molecule has 2 aliphatic heterocycles. The highest BCUT2D eigenvalue weighted by Gasteiger charge is 2.18. The van der Waals surface area contributed by atoms with E-state index in [9.17, 15) is 4.79 Å². The Labute approximate surface area is 186 Å². The van der Waals surface area contributed by atoms with Gasteiger partial charge in [-0.3, -0.25) is 9.69 Å². The molecular weight excluding hydrogens is 406 g/mol. The molecule has 0 unspecified atom stereocenters. The number of carbonyl (C=O) groups excluding carboxylic acids is 1. The molecule has 0 radical (unpaired) electrons. The maximum atomic E-state index is 11.6. The summed E-state index contributed by atoms with van der Waals surface area (Å²) in [6, 6.07) is 14.8. The topological polar surface area (TPSA) is 44.8 Å². The predicted octanol–water partition coefficient (Wildman–Crippen LogP) is 4.54. The Hall–Kier alpha value is -2.83. The monoisotopic (exact) mass is 433 g/mol. The molecule has 1 aromatic heterocycles. The Morgan fingerprint density at radius 2 is 1.94 bits per heavy atom. The molecule has 1 N–H and O–H groups in total. The highest BCUT2D eigenvalue weighted by Crippen LogP contribution is 2.31. The average Bonchev–Trinajstić information content (AvgIpc) is 3.28. The van der Waals surface area contributed by atoms with Gasteiger partial charge in [-0.25, -0.2) is 0 Å². The molecule has 5 nitrogen and oxygen atoms in total. The zero-order valence-corrected chi connectivity index (χ0v) is 18.4. The van der Waals surface area contributed by atoms with Crippen LogP contribution in [0.5, 0.6) is 5.75 Å². The lowest BCUT2D eigenvalue weighted by Crippen LogP contribution is -2.46. The lowest BCUT2D eigenvalue weighted by molar-refractivity contribution is -0.116. The van der Waals surface area contributed by atoms with Gasteiger partial charge in [0.25, 0.3) is 0 Å². The van der Waals surface area contributed by atoms with E-state index in [-0.39, 0.29) is 5.91 Å². The minimum Gasteiger partial charge on any atom is -0.489 e. The summed E-state index contributed by atoms with van der Waals surface area (Å²) < 4.78 is 7.21. The lowest BCUT2D eigenvalue weighted by Gasteiger charge is -2.36. The van der Waals surface area contributed by atoms with Crippen molar-refractivity contribution in [3.63, 3.8) is 0 Å². The van der Waals surface area contributed by atoms with Crippen LogP contribution in [-0.4, -0.2) is 50.1 Å². The first kappa shape index (κ1) is 20.1. The number of amides is 1. The number of carbonyl (C=O) groups is 1. The van der Waals surface area contributed by atoms with Crippen LogP contribution in [0.4, 0.5) is 11.4 Å². The molecule has 2 aromatic carbocycles. The first-order valence-corrected chi connectivity index (χ1v) is 11.8. The summed E-state index contributed by atoms with van der Waals surface area (Å²) in [5.41, 5.74) is 3.43. The van der Waals surface area contributed by atoms with Gasteiger partial charge in [0.2, 0.25) is 5.91 Å². The summed E-state index contributed by atoms with van der Waals surface area (Å²) in [5, 5.41) is 6.47. The highest BCUT2D eigenvalue weighted by molar-refractivity contribution is 7.17. The largest absolute Gasteiger partial charge is 0.489 e. The second-order valence-electron chi connectivity index (χ2n) is 8.05. The van der Waals surface area contributed by atoms with Gasteiger partial charge in [-0.1, -0.05) is 24.3 Å². The number of hydrogen-bond acceptors (Lipinski definition) is 5. The van der Waals surface area contributed by atoms with Crippen molar-refractivity contribution in [1.29, 1.82) is 0 Å². The van der Waals surface area contributed by atoms with Crippen LogP contribution < -0.4 is 15.0 Å². The molecule has 0 saturated carbocycles. The van der Waals surface area contributed by atoms with E-state index in [1.807, 2.05) is 29.5 Å². The summed E-state index contributed by atoms with van der Waals surface area (Å²) in [5.74, 6) is 0.874. The summed E-state index contributed by atoms with van der Waals surface area (Å²) >= 11 is 1.81. The van der Waals surface area contributed by atoms with Crippen LogP contribution in [0.2, 0.25) is 0 Å². The van der Waals surface area contributed by atoms with Gasteiger partial charge < -0.3 is 15.0 Å². The predicted molar refractivity (Wildman–Crippen MR) is 129 cm³/mol.